The molecule has 19 heteroatoms. The zero-order valence-electron chi connectivity index (χ0n) is 63.0. The van der Waals surface area contributed by atoms with Crippen LogP contribution in [0.1, 0.15) is 389 Å². The van der Waals surface area contributed by atoms with Gasteiger partial charge in [-0.15, -0.1) is 0 Å². The second kappa shape index (κ2) is 66.3. The van der Waals surface area contributed by atoms with Crippen molar-refractivity contribution in [2.75, 3.05) is 39.6 Å². The molecule has 17 nitrogen and oxygen atoms in total. The first-order valence-electron chi connectivity index (χ1n) is 39.7. The van der Waals surface area contributed by atoms with E-state index in [-0.39, 0.29) is 25.7 Å². The van der Waals surface area contributed by atoms with E-state index < -0.39 is 97.5 Å². The Kier molecular flexibility index (Phi) is 65.0. The van der Waals surface area contributed by atoms with Crippen molar-refractivity contribution in [3.8, 4) is 0 Å². The van der Waals surface area contributed by atoms with E-state index >= 15 is 0 Å². The highest BCUT2D eigenvalue weighted by Gasteiger charge is 2.30. The molecule has 0 saturated heterocycles. The Labute approximate surface area is 588 Å². The lowest BCUT2D eigenvalue weighted by Crippen LogP contribution is -2.30. The number of phosphoric acid groups is 2. The van der Waals surface area contributed by atoms with Crippen molar-refractivity contribution in [2.24, 2.45) is 23.7 Å². The van der Waals surface area contributed by atoms with Crippen molar-refractivity contribution >= 4 is 39.5 Å². The van der Waals surface area contributed by atoms with Crippen LogP contribution in [0.25, 0.3) is 0 Å². The largest absolute Gasteiger partial charge is 0.472 e. The average Bonchev–Trinajstić information content (AvgIpc) is 1.60. The van der Waals surface area contributed by atoms with E-state index in [0.717, 1.165) is 114 Å². The predicted molar refractivity (Wildman–Crippen MR) is 391 cm³/mol. The van der Waals surface area contributed by atoms with E-state index in [2.05, 4.69) is 55.4 Å². The summed E-state index contributed by atoms with van der Waals surface area (Å²) in [4.78, 5) is 72.8. The minimum Gasteiger partial charge on any atom is -0.462 e. The third-order valence-electron chi connectivity index (χ3n) is 18.2. The second-order valence-corrected chi connectivity index (χ2v) is 32.3. The number of aliphatic hydroxyl groups excluding tert-OH is 1. The predicted octanol–water partition coefficient (Wildman–Crippen LogP) is 22.4. The molecule has 0 aliphatic heterocycles. The number of unbranched alkanes of at least 4 members (excludes halogenated alkanes) is 39. The third kappa shape index (κ3) is 69.2. The van der Waals surface area contributed by atoms with Gasteiger partial charge in [0.05, 0.1) is 26.4 Å². The van der Waals surface area contributed by atoms with Gasteiger partial charge in [-0.2, -0.15) is 0 Å². The van der Waals surface area contributed by atoms with Crippen LogP contribution in [0.2, 0.25) is 0 Å². The number of carbonyl (C=O) groups is 4. The van der Waals surface area contributed by atoms with Crippen molar-refractivity contribution in [2.45, 2.75) is 408 Å². The molecular formula is C77H150O17P2. The van der Waals surface area contributed by atoms with Crippen LogP contribution in [0.15, 0.2) is 0 Å². The normalized spacial score (nSPS) is 14.4. The average molecular weight is 1410 g/mol. The molecule has 0 aromatic rings. The van der Waals surface area contributed by atoms with Gasteiger partial charge in [-0.3, -0.25) is 37.3 Å². The van der Waals surface area contributed by atoms with Gasteiger partial charge in [0.1, 0.15) is 19.3 Å². The van der Waals surface area contributed by atoms with Crippen molar-refractivity contribution in [1.29, 1.82) is 0 Å². The quantitative estimate of drug-likeness (QED) is 0.0222. The first kappa shape index (κ1) is 94.1. The molecule has 0 spiro atoms. The molecular weight excluding hydrogens is 1260 g/mol. The van der Waals surface area contributed by atoms with Gasteiger partial charge in [-0.05, 0) is 49.4 Å². The molecule has 0 bridgehead atoms. The smallest absolute Gasteiger partial charge is 0.462 e. The summed E-state index contributed by atoms with van der Waals surface area (Å²) in [6.45, 7) is 14.2. The van der Waals surface area contributed by atoms with Gasteiger partial charge in [-0.1, -0.05) is 338 Å². The van der Waals surface area contributed by atoms with Crippen molar-refractivity contribution in [1.82, 2.24) is 0 Å². The van der Waals surface area contributed by atoms with Gasteiger partial charge >= 0.3 is 39.5 Å². The minimum absolute atomic E-state index is 0.104. The molecule has 0 amide bonds. The van der Waals surface area contributed by atoms with Crippen LogP contribution >= 0.6 is 15.6 Å². The molecule has 0 fully saturated rings. The van der Waals surface area contributed by atoms with Crippen molar-refractivity contribution < 1.29 is 80.2 Å². The molecule has 0 rings (SSSR count). The molecule has 0 aromatic heterocycles. The van der Waals surface area contributed by atoms with Crippen LogP contribution in [0.3, 0.4) is 0 Å². The van der Waals surface area contributed by atoms with Gasteiger partial charge in [0.2, 0.25) is 0 Å². The summed E-state index contributed by atoms with van der Waals surface area (Å²) in [5.74, 6) is 0.925. The lowest BCUT2D eigenvalue weighted by molar-refractivity contribution is -0.161. The van der Waals surface area contributed by atoms with Crippen molar-refractivity contribution in [3.05, 3.63) is 0 Å². The first-order chi connectivity index (χ1) is 46.1. The molecule has 0 radical (unpaired) electrons. The summed E-state index contributed by atoms with van der Waals surface area (Å²) in [5, 5.41) is 10.6. The number of hydrogen-bond donors (Lipinski definition) is 3. The van der Waals surface area contributed by atoms with Gasteiger partial charge in [0, 0.05) is 25.7 Å². The Morgan fingerprint density at radius 3 is 0.740 bits per heavy atom. The van der Waals surface area contributed by atoms with Crippen LogP contribution in [-0.4, -0.2) is 96.7 Å². The molecule has 570 valence electrons. The summed E-state index contributed by atoms with van der Waals surface area (Å²) in [7, 11) is -9.91. The number of phosphoric ester groups is 2. The molecule has 0 aromatic carbocycles. The lowest BCUT2D eigenvalue weighted by atomic mass is 9.99. The molecule has 6 atom stereocenters. The Bertz CT molecular complexity index is 1890. The topological polar surface area (TPSA) is 237 Å². The number of carbonyl (C=O) groups excluding carboxylic acids is 4. The fraction of sp³-hybridized carbons (Fsp3) is 0.948. The van der Waals surface area contributed by atoms with Crippen molar-refractivity contribution in [3.63, 3.8) is 0 Å². The van der Waals surface area contributed by atoms with Crippen LogP contribution in [0.4, 0.5) is 0 Å². The molecule has 4 unspecified atom stereocenters. The number of aliphatic hydroxyl groups is 1. The Hall–Kier alpha value is -1.94. The standard InChI is InChI=1S/C77H150O17P2/c1-9-70(8)56-48-40-32-23-18-16-14-12-10-11-13-15-17-19-24-33-41-49-57-74(79)87-63-72(94-77(82)60-52-44-35-27-26-30-38-46-54-68(4)5)65-91-95(83,84)89-61-71(78)62-90-96(85,86)92-66-73(64-88-75(80)58-50-42-36-28-31-39-47-55-69(6)7)93-76(81)59-51-43-34-25-21-20-22-29-37-45-53-67(2)3/h67-73,78H,9-66H2,1-8H3,(H,83,84)(H,85,86)/t70?,71?,72-,73-/m1/s1. The van der Waals surface area contributed by atoms with E-state index in [4.69, 9.17) is 37.0 Å². The zero-order chi connectivity index (χ0) is 71.0. The van der Waals surface area contributed by atoms with E-state index in [1.807, 2.05) is 0 Å². The van der Waals surface area contributed by atoms with Gasteiger partial charge in [-0.25, -0.2) is 9.13 Å². The van der Waals surface area contributed by atoms with Crippen LogP contribution in [0, 0.1) is 23.7 Å². The van der Waals surface area contributed by atoms with E-state index in [9.17, 15) is 43.2 Å². The molecule has 0 heterocycles. The maximum atomic E-state index is 13.1. The van der Waals surface area contributed by atoms with Crippen LogP contribution < -0.4 is 0 Å². The molecule has 96 heavy (non-hydrogen) atoms. The Morgan fingerprint density at radius 2 is 0.500 bits per heavy atom. The second-order valence-electron chi connectivity index (χ2n) is 29.4. The summed E-state index contributed by atoms with van der Waals surface area (Å²) in [6, 6.07) is 0. The monoisotopic (exact) mass is 1410 g/mol. The summed E-state index contributed by atoms with van der Waals surface area (Å²) < 4.78 is 68.5. The maximum absolute atomic E-state index is 13.1. The van der Waals surface area contributed by atoms with E-state index in [1.54, 1.807) is 0 Å². The molecule has 0 aliphatic carbocycles. The van der Waals surface area contributed by atoms with E-state index in [1.165, 1.54) is 186 Å². The maximum Gasteiger partial charge on any atom is 0.472 e. The highest BCUT2D eigenvalue weighted by atomic mass is 31.2. The summed E-state index contributed by atoms with van der Waals surface area (Å²) in [5.41, 5.74) is 0. The lowest BCUT2D eigenvalue weighted by Gasteiger charge is -2.21. The number of ether oxygens (including phenoxy) is 4. The SMILES string of the molecule is CCC(C)CCCCCCCCCCCCCCCCCCCCC(=O)OC[C@H](COP(=O)(O)OCC(O)COP(=O)(O)OC[C@@H](COC(=O)CCCCCCCCCC(C)C)OC(=O)CCCCCCCCCCCCC(C)C)OC(=O)CCCCCCCCCCC(C)C. The van der Waals surface area contributed by atoms with E-state index in [0.29, 0.717) is 31.6 Å². The molecule has 0 saturated carbocycles. The Morgan fingerprint density at radius 1 is 0.292 bits per heavy atom. The first-order valence-corrected chi connectivity index (χ1v) is 42.7. The third-order valence-corrected chi connectivity index (χ3v) is 20.1. The number of hydrogen-bond acceptors (Lipinski definition) is 15. The minimum atomic E-state index is -4.96. The number of esters is 4. The Balaban J connectivity index is 5.15. The zero-order valence-corrected chi connectivity index (χ0v) is 64.8. The van der Waals surface area contributed by atoms with Gasteiger partial charge in [0.25, 0.3) is 0 Å². The van der Waals surface area contributed by atoms with Crippen LogP contribution in [-0.2, 0) is 65.4 Å². The summed E-state index contributed by atoms with van der Waals surface area (Å²) >= 11 is 0. The fourth-order valence-electron chi connectivity index (χ4n) is 11.7. The fourth-order valence-corrected chi connectivity index (χ4v) is 13.3. The highest BCUT2D eigenvalue weighted by molar-refractivity contribution is 7.47. The van der Waals surface area contributed by atoms with Gasteiger partial charge in [0.15, 0.2) is 12.2 Å². The van der Waals surface area contributed by atoms with Crippen LogP contribution in [0.5, 0.6) is 0 Å². The number of rotatable bonds is 74. The van der Waals surface area contributed by atoms with Gasteiger partial charge < -0.3 is 33.8 Å². The summed E-state index contributed by atoms with van der Waals surface area (Å²) in [6.07, 6.45) is 51.6. The highest BCUT2D eigenvalue weighted by Crippen LogP contribution is 2.45. The molecule has 0 aliphatic rings. The molecule has 3 N–H and O–H groups in total.